The third-order valence-electron chi connectivity index (χ3n) is 1.46. The Labute approximate surface area is 79.5 Å². The Hall–Kier alpha value is -0.470. The lowest BCUT2D eigenvalue weighted by Gasteiger charge is -2.01. The number of aryl methyl sites for hydroxylation is 2. The smallest absolute Gasteiger partial charge is 0.0255 e. The predicted octanol–water partition coefficient (Wildman–Crippen LogP) is 3.30. The molecular weight excluding hydrogens is 166 g/mol. The molecule has 0 aliphatic rings. The standard InChI is InChI=1S/C8H11NS.C2H6/c1-6-3-4-8(10-9)7(2)5-6;1-2/h3-5H,9H2,1-2H3;1-2H3. The largest absolute Gasteiger partial charge is 0.274 e. The van der Waals surface area contributed by atoms with Gasteiger partial charge in [-0.25, -0.2) is 0 Å². The Morgan fingerprint density at radius 3 is 2.17 bits per heavy atom. The van der Waals surface area contributed by atoms with E-state index in [-0.39, 0.29) is 0 Å². The van der Waals surface area contributed by atoms with Crippen LogP contribution in [0.25, 0.3) is 0 Å². The van der Waals surface area contributed by atoms with E-state index in [0.29, 0.717) is 0 Å². The van der Waals surface area contributed by atoms with Crippen LogP contribution in [0.2, 0.25) is 0 Å². The maximum absolute atomic E-state index is 5.42. The van der Waals surface area contributed by atoms with Crippen LogP contribution in [0, 0.1) is 13.8 Å². The molecule has 0 spiro atoms. The Kier molecular flexibility index (Phi) is 5.85. The molecule has 1 nitrogen and oxygen atoms in total. The van der Waals surface area contributed by atoms with Gasteiger partial charge in [0.25, 0.3) is 0 Å². The van der Waals surface area contributed by atoms with Crippen molar-refractivity contribution in [2.75, 3.05) is 0 Å². The number of nitrogens with two attached hydrogens (primary N) is 1. The summed E-state index contributed by atoms with van der Waals surface area (Å²) in [5, 5.41) is 5.42. The van der Waals surface area contributed by atoms with Crippen LogP contribution in [-0.4, -0.2) is 0 Å². The van der Waals surface area contributed by atoms with Crippen LogP contribution in [-0.2, 0) is 0 Å². The van der Waals surface area contributed by atoms with E-state index >= 15 is 0 Å². The van der Waals surface area contributed by atoms with Crippen molar-refractivity contribution in [2.45, 2.75) is 32.6 Å². The third-order valence-corrected chi connectivity index (χ3v) is 2.17. The van der Waals surface area contributed by atoms with Crippen molar-refractivity contribution in [3.63, 3.8) is 0 Å². The van der Waals surface area contributed by atoms with Crippen LogP contribution >= 0.6 is 11.9 Å². The number of hydrogen-bond donors (Lipinski definition) is 1. The Morgan fingerprint density at radius 1 is 1.17 bits per heavy atom. The minimum Gasteiger partial charge on any atom is -0.274 e. The molecule has 0 saturated heterocycles. The van der Waals surface area contributed by atoms with E-state index in [2.05, 4.69) is 32.0 Å². The SMILES string of the molecule is CC.Cc1ccc(SN)c(C)c1. The summed E-state index contributed by atoms with van der Waals surface area (Å²) < 4.78 is 0. The van der Waals surface area contributed by atoms with Crippen LogP contribution < -0.4 is 5.14 Å². The lowest BCUT2D eigenvalue weighted by Crippen LogP contribution is -1.84. The van der Waals surface area contributed by atoms with Crippen LogP contribution in [0.15, 0.2) is 23.1 Å². The van der Waals surface area contributed by atoms with E-state index in [4.69, 9.17) is 5.14 Å². The van der Waals surface area contributed by atoms with Crippen molar-refractivity contribution in [1.82, 2.24) is 0 Å². The molecular formula is C10H17NS. The molecule has 0 heterocycles. The second kappa shape index (κ2) is 6.09. The molecule has 0 unspecified atom stereocenters. The maximum Gasteiger partial charge on any atom is 0.0255 e. The second-order valence-corrected chi connectivity index (χ2v) is 3.06. The first kappa shape index (κ1) is 11.5. The monoisotopic (exact) mass is 183 g/mol. The highest BCUT2D eigenvalue weighted by Crippen LogP contribution is 2.17. The third kappa shape index (κ3) is 3.28. The molecule has 0 amide bonds. The molecule has 0 atom stereocenters. The van der Waals surface area contributed by atoms with Gasteiger partial charge >= 0.3 is 0 Å². The van der Waals surface area contributed by atoms with E-state index in [1.54, 1.807) is 0 Å². The van der Waals surface area contributed by atoms with Gasteiger partial charge in [-0.1, -0.05) is 31.5 Å². The first-order chi connectivity index (χ1) is 5.74. The van der Waals surface area contributed by atoms with Gasteiger partial charge in [0.15, 0.2) is 0 Å². The first-order valence-electron chi connectivity index (χ1n) is 4.18. The Morgan fingerprint density at radius 2 is 1.75 bits per heavy atom. The van der Waals surface area contributed by atoms with Crippen LogP contribution in [0.4, 0.5) is 0 Å². The highest BCUT2D eigenvalue weighted by atomic mass is 32.2. The van der Waals surface area contributed by atoms with Gasteiger partial charge in [0, 0.05) is 4.90 Å². The minimum atomic E-state index is 1.16. The van der Waals surface area contributed by atoms with Gasteiger partial charge in [-0.05, 0) is 37.4 Å². The summed E-state index contributed by atoms with van der Waals surface area (Å²) in [4.78, 5) is 1.16. The quantitative estimate of drug-likeness (QED) is 0.676. The lowest BCUT2D eigenvalue weighted by atomic mass is 10.2. The highest BCUT2D eigenvalue weighted by Gasteiger charge is 1.94. The molecule has 1 rings (SSSR count). The van der Waals surface area contributed by atoms with E-state index < -0.39 is 0 Å². The topological polar surface area (TPSA) is 26.0 Å². The summed E-state index contributed by atoms with van der Waals surface area (Å²) in [6.07, 6.45) is 0. The molecule has 0 radical (unpaired) electrons. The van der Waals surface area contributed by atoms with Gasteiger partial charge in [0.05, 0.1) is 0 Å². The van der Waals surface area contributed by atoms with E-state index in [0.717, 1.165) is 4.90 Å². The second-order valence-electron chi connectivity index (χ2n) is 2.39. The van der Waals surface area contributed by atoms with Crippen molar-refractivity contribution < 1.29 is 0 Å². The molecule has 1 aromatic carbocycles. The summed E-state index contributed by atoms with van der Waals surface area (Å²) in [6, 6.07) is 6.26. The summed E-state index contributed by atoms with van der Waals surface area (Å²) in [7, 11) is 0. The van der Waals surface area contributed by atoms with Gasteiger partial charge in [0.2, 0.25) is 0 Å². The van der Waals surface area contributed by atoms with Crippen LogP contribution in [0.5, 0.6) is 0 Å². The van der Waals surface area contributed by atoms with Gasteiger partial charge in [-0.3, -0.25) is 5.14 Å². The average molecular weight is 183 g/mol. The highest BCUT2D eigenvalue weighted by molar-refractivity contribution is 7.97. The van der Waals surface area contributed by atoms with Gasteiger partial charge < -0.3 is 0 Å². The molecule has 0 saturated carbocycles. The van der Waals surface area contributed by atoms with Crippen molar-refractivity contribution in [2.24, 2.45) is 5.14 Å². The fourth-order valence-corrected chi connectivity index (χ4v) is 1.32. The van der Waals surface area contributed by atoms with E-state index in [1.807, 2.05) is 13.8 Å². The Bertz CT molecular complexity index is 233. The fourth-order valence-electron chi connectivity index (χ4n) is 0.932. The summed E-state index contributed by atoms with van der Waals surface area (Å²) >= 11 is 1.30. The van der Waals surface area contributed by atoms with Gasteiger partial charge in [0.1, 0.15) is 0 Å². The van der Waals surface area contributed by atoms with Crippen molar-refractivity contribution in [1.29, 1.82) is 0 Å². The summed E-state index contributed by atoms with van der Waals surface area (Å²) in [6.45, 7) is 8.15. The normalized spacial score (nSPS) is 8.75. The van der Waals surface area contributed by atoms with E-state index in [9.17, 15) is 0 Å². The molecule has 0 aliphatic carbocycles. The minimum absolute atomic E-state index is 1.16. The fraction of sp³-hybridized carbons (Fsp3) is 0.400. The number of rotatable bonds is 1. The van der Waals surface area contributed by atoms with Crippen molar-refractivity contribution in [3.05, 3.63) is 29.3 Å². The molecule has 1 aromatic rings. The van der Waals surface area contributed by atoms with Crippen molar-refractivity contribution >= 4 is 11.9 Å². The molecule has 2 N–H and O–H groups in total. The van der Waals surface area contributed by atoms with Crippen LogP contribution in [0.3, 0.4) is 0 Å². The number of hydrogen-bond acceptors (Lipinski definition) is 2. The lowest BCUT2D eigenvalue weighted by molar-refractivity contribution is 1.26. The first-order valence-corrected chi connectivity index (χ1v) is 5.06. The maximum atomic E-state index is 5.42. The molecule has 68 valence electrons. The molecule has 0 aliphatic heterocycles. The summed E-state index contributed by atoms with van der Waals surface area (Å²) in [5.74, 6) is 0. The number of benzene rings is 1. The Balaban J connectivity index is 0.000000561. The molecule has 0 aromatic heterocycles. The van der Waals surface area contributed by atoms with E-state index in [1.165, 1.54) is 23.1 Å². The zero-order chi connectivity index (χ0) is 9.56. The predicted molar refractivity (Wildman–Crippen MR) is 57.3 cm³/mol. The summed E-state index contributed by atoms with van der Waals surface area (Å²) in [5.41, 5.74) is 2.54. The van der Waals surface area contributed by atoms with Gasteiger partial charge in [-0.15, -0.1) is 0 Å². The molecule has 0 bridgehead atoms. The van der Waals surface area contributed by atoms with Gasteiger partial charge in [-0.2, -0.15) is 0 Å². The molecule has 0 fully saturated rings. The molecule has 12 heavy (non-hydrogen) atoms. The zero-order valence-electron chi connectivity index (χ0n) is 8.22. The molecule has 2 heteroatoms. The van der Waals surface area contributed by atoms with Crippen LogP contribution in [0.1, 0.15) is 25.0 Å². The van der Waals surface area contributed by atoms with Crippen molar-refractivity contribution in [3.8, 4) is 0 Å². The zero-order valence-corrected chi connectivity index (χ0v) is 9.03. The average Bonchev–Trinajstić information content (AvgIpc) is 2.08.